The van der Waals surface area contributed by atoms with E-state index in [0.717, 1.165) is 10.1 Å². The molecule has 1 aromatic rings. The van der Waals surface area contributed by atoms with Crippen molar-refractivity contribution in [2.75, 3.05) is 18.9 Å². The van der Waals surface area contributed by atoms with Gasteiger partial charge in [-0.05, 0) is 25.1 Å². The molecule has 128 valence electrons. The third-order valence-corrected chi connectivity index (χ3v) is 5.30. The molecule has 0 aliphatic carbocycles. The van der Waals surface area contributed by atoms with Crippen molar-refractivity contribution in [1.82, 2.24) is 0 Å². The van der Waals surface area contributed by atoms with Crippen LogP contribution in [0, 0.1) is 15.9 Å². The molecule has 0 N–H and O–H groups in total. The Bertz CT molecular complexity index is 677. The minimum absolute atomic E-state index is 0.00457. The summed E-state index contributed by atoms with van der Waals surface area (Å²) in [4.78, 5) is 14.5. The van der Waals surface area contributed by atoms with Crippen molar-refractivity contribution in [3.05, 3.63) is 64.1 Å². The molecule has 1 aliphatic heterocycles. The van der Waals surface area contributed by atoms with Gasteiger partial charge < -0.3 is 4.74 Å². The quantitative estimate of drug-likeness (QED) is 0.313. The van der Waals surface area contributed by atoms with Crippen LogP contribution >= 0.6 is 23.5 Å². The van der Waals surface area contributed by atoms with Gasteiger partial charge in [-0.2, -0.15) is 0 Å². The zero-order valence-corrected chi connectivity index (χ0v) is 14.7. The molecule has 1 heterocycles. The molecule has 0 bridgehead atoms. The molecule has 2 rings (SSSR count). The maximum atomic E-state index is 13.4. The highest BCUT2D eigenvalue weighted by Gasteiger charge is 2.22. The molecular formula is C16H17FN2O3S2. The number of halogens is 1. The van der Waals surface area contributed by atoms with E-state index < -0.39 is 0 Å². The van der Waals surface area contributed by atoms with E-state index in [9.17, 15) is 14.5 Å². The van der Waals surface area contributed by atoms with E-state index in [1.54, 1.807) is 42.1 Å². The lowest BCUT2D eigenvalue weighted by atomic mass is 10.3. The summed E-state index contributed by atoms with van der Waals surface area (Å²) in [5.74, 6) is 0.513. The van der Waals surface area contributed by atoms with E-state index >= 15 is 0 Å². The maximum Gasteiger partial charge on any atom is 0.222 e. The lowest BCUT2D eigenvalue weighted by Crippen LogP contribution is -2.03. The number of aliphatic imine (C=N–C) groups is 1. The first-order valence-corrected chi connectivity index (χ1v) is 9.17. The third-order valence-electron chi connectivity index (χ3n) is 3.00. The molecule has 0 amide bonds. The number of allylic oxidation sites excluding steroid dienone is 1. The number of benzene rings is 1. The SMILES string of the molecule is C/C=C1/N=C(SCCOc2ccccc2F)SC1C=CC[N+](=O)[O-]. The van der Waals surface area contributed by atoms with E-state index in [-0.39, 0.29) is 28.3 Å². The van der Waals surface area contributed by atoms with Crippen LogP contribution in [0.3, 0.4) is 0 Å². The molecule has 0 saturated carbocycles. The van der Waals surface area contributed by atoms with Crippen LogP contribution in [0.15, 0.2) is 53.2 Å². The van der Waals surface area contributed by atoms with Crippen molar-refractivity contribution in [3.8, 4) is 5.75 Å². The van der Waals surface area contributed by atoms with Crippen molar-refractivity contribution in [1.29, 1.82) is 0 Å². The first-order valence-electron chi connectivity index (χ1n) is 7.30. The van der Waals surface area contributed by atoms with Gasteiger partial charge in [0.2, 0.25) is 6.54 Å². The van der Waals surface area contributed by atoms with E-state index in [2.05, 4.69) is 4.99 Å². The highest BCUT2D eigenvalue weighted by molar-refractivity contribution is 8.39. The summed E-state index contributed by atoms with van der Waals surface area (Å²) in [6, 6.07) is 6.30. The predicted molar refractivity (Wildman–Crippen MR) is 97.9 cm³/mol. The monoisotopic (exact) mass is 368 g/mol. The summed E-state index contributed by atoms with van der Waals surface area (Å²) in [6.45, 7) is 2.08. The highest BCUT2D eigenvalue weighted by atomic mass is 32.2. The zero-order chi connectivity index (χ0) is 17.4. The van der Waals surface area contributed by atoms with E-state index in [1.165, 1.54) is 17.8 Å². The molecule has 0 fully saturated rings. The van der Waals surface area contributed by atoms with Crippen molar-refractivity contribution >= 4 is 27.9 Å². The first-order chi connectivity index (χ1) is 11.6. The van der Waals surface area contributed by atoms with Gasteiger partial charge in [0.1, 0.15) is 4.38 Å². The average molecular weight is 368 g/mol. The standard InChI is InChI=1S/C16H17FN2O3S2/c1-2-13-15(8-5-9-19(20)21)24-16(18-13)23-11-10-22-14-7-4-3-6-12(14)17/h2-8,15H,9-11H2,1H3/b8-5?,13-2+. The average Bonchev–Trinajstić information content (AvgIpc) is 2.95. The smallest absolute Gasteiger partial charge is 0.222 e. The van der Waals surface area contributed by atoms with Crippen LogP contribution in [0.1, 0.15) is 6.92 Å². The molecule has 1 aliphatic rings. The molecule has 0 aromatic heterocycles. The van der Waals surface area contributed by atoms with Crippen LogP contribution in [-0.2, 0) is 0 Å². The van der Waals surface area contributed by atoms with Crippen LogP contribution < -0.4 is 4.74 Å². The van der Waals surface area contributed by atoms with Crippen LogP contribution in [0.2, 0.25) is 0 Å². The number of nitrogens with zero attached hydrogens (tertiary/aromatic N) is 2. The van der Waals surface area contributed by atoms with Crippen LogP contribution in [0.5, 0.6) is 5.75 Å². The number of thioether (sulfide) groups is 2. The first kappa shape index (κ1) is 18.5. The van der Waals surface area contributed by atoms with Crippen molar-refractivity contribution in [2.45, 2.75) is 12.2 Å². The number of hydrogen-bond donors (Lipinski definition) is 0. The fourth-order valence-corrected chi connectivity index (χ4v) is 4.13. The lowest BCUT2D eigenvalue weighted by molar-refractivity contribution is -0.468. The van der Waals surface area contributed by atoms with Gasteiger partial charge in [0.25, 0.3) is 0 Å². The topological polar surface area (TPSA) is 64.7 Å². The van der Waals surface area contributed by atoms with Gasteiger partial charge in [0.05, 0.1) is 17.6 Å². The predicted octanol–water partition coefficient (Wildman–Crippen LogP) is 4.15. The molecule has 0 radical (unpaired) electrons. The molecule has 0 saturated heterocycles. The summed E-state index contributed by atoms with van der Waals surface area (Å²) in [5, 5.41) is 10.4. The highest BCUT2D eigenvalue weighted by Crippen LogP contribution is 2.35. The Balaban J connectivity index is 1.78. The Morgan fingerprint density at radius 1 is 1.50 bits per heavy atom. The van der Waals surface area contributed by atoms with E-state index in [1.807, 2.05) is 13.0 Å². The van der Waals surface area contributed by atoms with Crippen molar-refractivity contribution in [3.63, 3.8) is 0 Å². The summed E-state index contributed by atoms with van der Waals surface area (Å²) < 4.78 is 19.7. The van der Waals surface area contributed by atoms with Crippen molar-refractivity contribution < 1.29 is 14.1 Å². The molecule has 1 unspecified atom stereocenters. The summed E-state index contributed by atoms with van der Waals surface area (Å²) >= 11 is 3.08. The van der Waals surface area contributed by atoms with Crippen molar-refractivity contribution in [2.24, 2.45) is 4.99 Å². The Kier molecular flexibility index (Phi) is 7.33. The zero-order valence-electron chi connectivity index (χ0n) is 13.1. The Labute approximate surface area is 148 Å². The van der Waals surface area contributed by atoms with Gasteiger partial charge >= 0.3 is 0 Å². The van der Waals surface area contributed by atoms with E-state index in [4.69, 9.17) is 4.74 Å². The molecule has 5 nitrogen and oxygen atoms in total. The second-order valence-electron chi connectivity index (χ2n) is 4.70. The second-order valence-corrected chi connectivity index (χ2v) is 7.17. The van der Waals surface area contributed by atoms with Gasteiger partial charge in [-0.25, -0.2) is 9.38 Å². The van der Waals surface area contributed by atoms with Gasteiger partial charge in [0.15, 0.2) is 11.6 Å². The molecule has 1 atom stereocenters. The van der Waals surface area contributed by atoms with E-state index in [0.29, 0.717) is 12.4 Å². The Morgan fingerprint density at radius 3 is 3.00 bits per heavy atom. The number of para-hydroxylation sites is 1. The lowest BCUT2D eigenvalue weighted by Gasteiger charge is -2.06. The van der Waals surface area contributed by atoms with Gasteiger partial charge in [0, 0.05) is 10.7 Å². The Hall–Kier alpha value is -1.80. The minimum atomic E-state index is -0.373. The Morgan fingerprint density at radius 2 is 2.29 bits per heavy atom. The number of hydrogen-bond acceptors (Lipinski definition) is 6. The molecular weight excluding hydrogens is 351 g/mol. The number of rotatable bonds is 7. The summed E-state index contributed by atoms with van der Waals surface area (Å²) in [7, 11) is 0. The molecule has 1 aromatic carbocycles. The van der Waals surface area contributed by atoms with Crippen LogP contribution in [-0.4, -0.2) is 33.5 Å². The third kappa shape index (κ3) is 5.68. The molecule has 0 spiro atoms. The molecule has 8 heteroatoms. The number of nitro groups is 1. The van der Waals surface area contributed by atoms with Crippen LogP contribution in [0.25, 0.3) is 0 Å². The normalized spacial score (nSPS) is 19.0. The maximum absolute atomic E-state index is 13.4. The fourth-order valence-electron chi connectivity index (χ4n) is 1.91. The summed E-state index contributed by atoms with van der Waals surface area (Å²) in [5.41, 5.74) is 0.886. The number of ether oxygens (including phenoxy) is 1. The van der Waals surface area contributed by atoms with Gasteiger partial charge in [-0.3, -0.25) is 10.1 Å². The fraction of sp³-hybridized carbons (Fsp3) is 0.312. The summed E-state index contributed by atoms with van der Waals surface area (Å²) in [6.07, 6.45) is 5.25. The van der Waals surface area contributed by atoms with Crippen LogP contribution in [0.4, 0.5) is 4.39 Å². The van der Waals surface area contributed by atoms with Gasteiger partial charge in [-0.1, -0.05) is 47.8 Å². The molecule has 24 heavy (non-hydrogen) atoms. The minimum Gasteiger partial charge on any atom is -0.490 e. The van der Waals surface area contributed by atoms with Gasteiger partial charge in [-0.15, -0.1) is 0 Å². The second kappa shape index (κ2) is 9.48. The largest absolute Gasteiger partial charge is 0.490 e.